The molecule has 1 amide bonds. The molecule has 1 N–H and O–H groups in total. The Morgan fingerprint density at radius 1 is 0.976 bits per heavy atom. The first-order valence-corrected chi connectivity index (χ1v) is 15.3. The van der Waals surface area contributed by atoms with Crippen molar-refractivity contribution >= 4 is 23.0 Å². The number of likely N-dealkylation sites (tertiary alicyclic amines) is 1. The lowest BCUT2D eigenvalue weighted by molar-refractivity contribution is -0.152. The summed E-state index contributed by atoms with van der Waals surface area (Å²) in [4.78, 5) is 29.8. The van der Waals surface area contributed by atoms with Gasteiger partial charge >= 0.3 is 12.1 Å². The molecule has 0 aliphatic carbocycles. The van der Waals surface area contributed by atoms with E-state index < -0.39 is 6.09 Å². The molecule has 1 fully saturated rings. The number of hydrogen-bond acceptors (Lipinski definition) is 5. The number of esters is 1. The SMILES string of the molecule is CCCCC/C=C\C/C=C\C/C=C\CCCCC(=O)OCOC(=O)N1CCC[C@@H]1Cc1c[nH]c2ccc(OC)cc12. The summed E-state index contributed by atoms with van der Waals surface area (Å²) in [6, 6.07) is 5.99. The fraction of sp³-hybridized carbons (Fsp3) is 0.529. The van der Waals surface area contributed by atoms with E-state index in [1.165, 1.54) is 25.7 Å². The molecule has 1 aromatic carbocycles. The van der Waals surface area contributed by atoms with Gasteiger partial charge in [0.05, 0.1) is 7.11 Å². The highest BCUT2D eigenvalue weighted by atomic mass is 16.7. The van der Waals surface area contributed by atoms with Crippen molar-refractivity contribution in [3.63, 3.8) is 0 Å². The van der Waals surface area contributed by atoms with Crippen molar-refractivity contribution in [1.29, 1.82) is 0 Å². The molecule has 0 saturated carbocycles. The summed E-state index contributed by atoms with van der Waals surface area (Å²) in [5, 5.41) is 1.10. The lowest BCUT2D eigenvalue weighted by Gasteiger charge is -2.23. The Morgan fingerprint density at radius 3 is 2.44 bits per heavy atom. The molecule has 0 bridgehead atoms. The molecule has 41 heavy (non-hydrogen) atoms. The van der Waals surface area contributed by atoms with Crippen LogP contribution in [0.1, 0.15) is 89.5 Å². The Morgan fingerprint density at radius 2 is 1.71 bits per heavy atom. The van der Waals surface area contributed by atoms with Crippen LogP contribution in [-0.4, -0.2) is 48.4 Å². The minimum Gasteiger partial charge on any atom is -0.497 e. The fourth-order valence-corrected chi connectivity index (χ4v) is 5.12. The van der Waals surface area contributed by atoms with E-state index in [4.69, 9.17) is 14.2 Å². The Kier molecular flexibility index (Phi) is 14.7. The molecular formula is C34H48N2O5. The molecule has 1 saturated heterocycles. The second-order valence-corrected chi connectivity index (χ2v) is 10.6. The second kappa shape index (κ2) is 18.8. The Bertz CT molecular complexity index is 1150. The molecule has 1 aromatic heterocycles. The second-order valence-electron chi connectivity index (χ2n) is 10.6. The number of ether oxygens (including phenoxy) is 3. The number of H-pyrrole nitrogens is 1. The molecule has 2 heterocycles. The lowest BCUT2D eigenvalue weighted by Crippen LogP contribution is -2.37. The summed E-state index contributed by atoms with van der Waals surface area (Å²) < 4.78 is 15.8. The van der Waals surface area contributed by atoms with Gasteiger partial charge in [0.15, 0.2) is 0 Å². The van der Waals surface area contributed by atoms with Crippen LogP contribution in [0.2, 0.25) is 0 Å². The van der Waals surface area contributed by atoms with Crippen molar-refractivity contribution in [3.05, 3.63) is 66.4 Å². The molecule has 7 heteroatoms. The van der Waals surface area contributed by atoms with Gasteiger partial charge in [-0.3, -0.25) is 4.79 Å². The first-order valence-electron chi connectivity index (χ1n) is 15.3. The van der Waals surface area contributed by atoms with Crippen LogP contribution in [0, 0.1) is 0 Å². The zero-order chi connectivity index (χ0) is 29.1. The lowest BCUT2D eigenvalue weighted by atomic mass is 10.0. The molecule has 224 valence electrons. The first kappa shape index (κ1) is 32.0. The minimum atomic E-state index is -0.431. The van der Waals surface area contributed by atoms with E-state index in [1.54, 1.807) is 12.0 Å². The van der Waals surface area contributed by atoms with Gasteiger partial charge in [0.1, 0.15) is 5.75 Å². The number of rotatable bonds is 18. The van der Waals surface area contributed by atoms with Crippen LogP contribution in [0.3, 0.4) is 0 Å². The first-order chi connectivity index (χ1) is 20.1. The van der Waals surface area contributed by atoms with Crippen molar-refractivity contribution in [2.24, 2.45) is 0 Å². The van der Waals surface area contributed by atoms with E-state index in [9.17, 15) is 9.59 Å². The van der Waals surface area contributed by atoms with Crippen molar-refractivity contribution in [2.75, 3.05) is 20.4 Å². The number of unbranched alkanes of at least 4 members (excludes halogenated alkanes) is 5. The molecule has 1 atom stereocenters. The number of aromatic amines is 1. The zero-order valence-electron chi connectivity index (χ0n) is 24.9. The van der Waals surface area contributed by atoms with E-state index in [0.717, 1.165) is 73.6 Å². The summed E-state index contributed by atoms with van der Waals surface area (Å²) in [6.45, 7) is 2.53. The molecular weight excluding hydrogens is 516 g/mol. The van der Waals surface area contributed by atoms with E-state index in [-0.39, 0.29) is 18.8 Å². The number of nitrogens with zero attached hydrogens (tertiary/aromatic N) is 1. The minimum absolute atomic E-state index is 0.0455. The van der Waals surface area contributed by atoms with Gasteiger partial charge in [0, 0.05) is 36.1 Å². The molecule has 1 aliphatic rings. The average molecular weight is 565 g/mol. The highest BCUT2D eigenvalue weighted by Gasteiger charge is 2.30. The van der Waals surface area contributed by atoms with E-state index in [2.05, 4.69) is 48.4 Å². The van der Waals surface area contributed by atoms with Crippen molar-refractivity contribution in [1.82, 2.24) is 9.88 Å². The van der Waals surface area contributed by atoms with Crippen molar-refractivity contribution < 1.29 is 23.8 Å². The molecule has 3 rings (SSSR count). The van der Waals surface area contributed by atoms with E-state index in [1.807, 2.05) is 24.4 Å². The van der Waals surface area contributed by atoms with Gasteiger partial charge in [-0.1, -0.05) is 56.2 Å². The highest BCUT2D eigenvalue weighted by Crippen LogP contribution is 2.28. The maximum atomic E-state index is 12.7. The summed E-state index contributed by atoms with van der Waals surface area (Å²) >= 11 is 0. The largest absolute Gasteiger partial charge is 0.497 e. The summed E-state index contributed by atoms with van der Waals surface area (Å²) in [5.41, 5.74) is 2.18. The van der Waals surface area contributed by atoms with Crippen LogP contribution in [0.4, 0.5) is 4.79 Å². The van der Waals surface area contributed by atoms with Gasteiger partial charge in [-0.2, -0.15) is 0 Å². The topological polar surface area (TPSA) is 80.9 Å². The molecule has 0 unspecified atom stereocenters. The van der Waals surface area contributed by atoms with Crippen LogP contribution in [0.25, 0.3) is 10.9 Å². The van der Waals surface area contributed by atoms with Crippen LogP contribution in [0.15, 0.2) is 60.9 Å². The predicted octanol–water partition coefficient (Wildman–Crippen LogP) is 8.41. The van der Waals surface area contributed by atoms with Crippen molar-refractivity contribution in [2.45, 2.75) is 96.4 Å². The van der Waals surface area contributed by atoms with Gasteiger partial charge < -0.3 is 24.1 Å². The van der Waals surface area contributed by atoms with Crippen LogP contribution in [0.5, 0.6) is 5.75 Å². The van der Waals surface area contributed by atoms with Gasteiger partial charge in [-0.25, -0.2) is 4.79 Å². The van der Waals surface area contributed by atoms with Crippen LogP contribution < -0.4 is 4.74 Å². The van der Waals surface area contributed by atoms with E-state index >= 15 is 0 Å². The maximum absolute atomic E-state index is 12.7. The molecule has 0 radical (unpaired) electrons. The average Bonchev–Trinajstić information content (AvgIpc) is 3.62. The summed E-state index contributed by atoms with van der Waals surface area (Å²) in [6.07, 6.45) is 27.3. The number of nitrogens with one attached hydrogen (secondary N) is 1. The fourth-order valence-electron chi connectivity index (χ4n) is 5.12. The maximum Gasteiger partial charge on any atom is 0.412 e. The third kappa shape index (κ3) is 11.5. The van der Waals surface area contributed by atoms with Gasteiger partial charge in [0.2, 0.25) is 6.79 Å². The smallest absolute Gasteiger partial charge is 0.412 e. The van der Waals surface area contributed by atoms with Crippen LogP contribution >= 0.6 is 0 Å². The van der Waals surface area contributed by atoms with Gasteiger partial charge in [-0.05, 0) is 88.0 Å². The van der Waals surface area contributed by atoms with E-state index in [0.29, 0.717) is 13.0 Å². The number of methoxy groups -OCH3 is 1. The number of hydrogen-bond donors (Lipinski definition) is 1. The molecule has 7 nitrogen and oxygen atoms in total. The van der Waals surface area contributed by atoms with Crippen molar-refractivity contribution in [3.8, 4) is 5.75 Å². The number of aromatic nitrogens is 1. The summed E-state index contributed by atoms with van der Waals surface area (Å²) in [7, 11) is 1.66. The Balaban J connectivity index is 1.24. The zero-order valence-corrected chi connectivity index (χ0v) is 24.9. The third-order valence-electron chi connectivity index (χ3n) is 7.46. The molecule has 0 spiro atoms. The monoisotopic (exact) mass is 564 g/mol. The number of allylic oxidation sites excluding steroid dienone is 6. The van der Waals surface area contributed by atoms with Crippen LogP contribution in [-0.2, 0) is 20.7 Å². The highest BCUT2D eigenvalue weighted by molar-refractivity contribution is 5.84. The number of amides is 1. The van der Waals surface area contributed by atoms with Gasteiger partial charge in [-0.15, -0.1) is 0 Å². The third-order valence-corrected chi connectivity index (χ3v) is 7.46. The van der Waals surface area contributed by atoms with Gasteiger partial charge in [0.25, 0.3) is 0 Å². The standard InChI is InChI=1S/C34H48N2O5/c1-3-4-5-6-7-8-9-10-11-12-13-14-15-16-17-20-33(37)40-27-41-34(38)36-23-18-19-29(36)24-28-26-35-32-22-21-30(39-2)25-31(28)32/h7-8,10-11,13-14,21-22,25-26,29,35H,3-6,9,12,15-20,23-24,27H2,1-2H3/b8-7-,11-10-,14-13-/t29-/m1/s1. The number of fused-ring (bicyclic) bond motifs is 1. The quantitative estimate of drug-likeness (QED) is 0.0851. The Hall–Kier alpha value is -3.48. The Labute approximate surface area is 245 Å². The molecule has 2 aromatic rings. The number of carbonyl (C=O) groups excluding carboxylic acids is 2. The normalized spacial score (nSPS) is 15.6. The predicted molar refractivity (Wildman–Crippen MR) is 165 cm³/mol. The number of benzene rings is 1. The molecule has 1 aliphatic heterocycles. The summed E-state index contributed by atoms with van der Waals surface area (Å²) in [5.74, 6) is 0.470. The number of carbonyl (C=O) groups is 2.